The highest BCUT2D eigenvalue weighted by molar-refractivity contribution is 8.01. The molecule has 8 rings (SSSR count). The zero-order valence-electron chi connectivity index (χ0n) is 40.5. The first-order valence-corrected chi connectivity index (χ1v) is 25.1. The Balaban J connectivity index is 0.874. The quantitative estimate of drug-likeness (QED) is 0.141. The Morgan fingerprint density at radius 3 is 2.50 bits per heavy atom. The molecule has 3 unspecified atom stereocenters. The molecule has 2 saturated heterocycles. The number of benzene rings is 2. The van der Waals surface area contributed by atoms with Gasteiger partial charge in [0.15, 0.2) is 35.0 Å². The third-order valence-corrected chi connectivity index (χ3v) is 16.9. The summed E-state index contributed by atoms with van der Waals surface area (Å²) in [5.74, 6) is -4.32. The van der Waals surface area contributed by atoms with Crippen LogP contribution >= 0.6 is 11.8 Å². The fourth-order valence-corrected chi connectivity index (χ4v) is 13.5. The van der Waals surface area contributed by atoms with Crippen LogP contribution in [0.3, 0.4) is 0 Å². The van der Waals surface area contributed by atoms with Gasteiger partial charge in [0.2, 0.25) is 29.5 Å². The highest BCUT2D eigenvalue weighted by Gasteiger charge is 2.76. The first-order valence-electron chi connectivity index (χ1n) is 24.1. The molecule has 3 saturated carbocycles. The van der Waals surface area contributed by atoms with Crippen LogP contribution in [-0.2, 0) is 49.6 Å². The number of hydrogen-bond donors (Lipinski definition) is 5. The van der Waals surface area contributed by atoms with Gasteiger partial charge in [0.05, 0.1) is 23.0 Å². The van der Waals surface area contributed by atoms with Gasteiger partial charge in [-0.2, -0.15) is 0 Å². The van der Waals surface area contributed by atoms with E-state index < -0.39 is 88.2 Å². The van der Waals surface area contributed by atoms with Crippen molar-refractivity contribution >= 4 is 58.6 Å². The van der Waals surface area contributed by atoms with E-state index in [1.807, 2.05) is 26.8 Å². The second-order valence-electron chi connectivity index (χ2n) is 20.5. The Kier molecular flexibility index (Phi) is 14.4. The summed E-state index contributed by atoms with van der Waals surface area (Å²) in [6.07, 6.45) is 3.95. The van der Waals surface area contributed by atoms with Gasteiger partial charge in [-0.05, 0) is 105 Å². The number of rotatable bonds is 16. The number of aliphatic hydroxyl groups is 2. The number of Topliss-reactive ketones (excluding diaryl/α,β-unsaturated/α-hetero) is 1. The van der Waals surface area contributed by atoms with E-state index in [2.05, 4.69) is 22.9 Å². The standard InChI is InChI=1S/C52H63FN4O12S/c1-26(2)70-38-22-42(63)57(48(38)66)18-16-41(62)54-28(4)46(64)55-29(5)47(65)56-32-10-8-9-30(19-32)25-67-37-14-11-27(3)43(45(37)53)49-68-40-21-35-34-13-12-31-20-33(59)15-17-50(31,6)44(34)36(60)23-51(35,7)52(40,69-49)39(61)24-58/h8-11,14-15,17,19-20,26,28-29,34-36,38,40,44,49,58,60H,12-13,16,18,21-25H2,1-7H3,(H,54,62)(H,55,64)(H,56,65)/t28?,29?,34-,35-,36-,38?,40+,44+,49-,50-,51-,52+/m0/s1. The van der Waals surface area contributed by atoms with Gasteiger partial charge in [0.1, 0.15) is 25.3 Å². The summed E-state index contributed by atoms with van der Waals surface area (Å²) in [5, 5.41) is 30.0. The molecular formula is C52H63FN4O12S. The van der Waals surface area contributed by atoms with Crippen molar-refractivity contribution in [3.63, 3.8) is 0 Å². The third kappa shape index (κ3) is 9.14. The number of hydrogen-bond acceptors (Lipinski definition) is 13. The number of nitrogens with one attached hydrogen (secondary N) is 3. The predicted molar refractivity (Wildman–Crippen MR) is 255 cm³/mol. The number of imide groups is 1. The van der Waals surface area contributed by atoms with Crippen LogP contribution in [0.25, 0.3) is 0 Å². The first kappa shape index (κ1) is 51.1. The molecule has 5 N–H and O–H groups in total. The zero-order chi connectivity index (χ0) is 50.6. The summed E-state index contributed by atoms with van der Waals surface area (Å²) in [6.45, 7) is 11.4. The van der Waals surface area contributed by atoms with Crippen molar-refractivity contribution in [2.45, 2.75) is 140 Å². The minimum Gasteiger partial charge on any atom is -0.486 e. The van der Waals surface area contributed by atoms with E-state index in [4.69, 9.17) is 14.2 Å². The Bertz CT molecular complexity index is 2550. The predicted octanol–water partition coefficient (Wildman–Crippen LogP) is 4.92. The number of ether oxygens (including phenoxy) is 3. The van der Waals surface area contributed by atoms with Gasteiger partial charge in [-0.1, -0.05) is 57.5 Å². The average Bonchev–Trinajstić information content (AvgIpc) is 3.89. The lowest BCUT2D eigenvalue weighted by molar-refractivity contribution is -0.201. The molecule has 16 nitrogen and oxygen atoms in total. The topological polar surface area (TPSA) is 227 Å². The molecule has 18 heteroatoms. The molecular weight excluding hydrogens is 924 g/mol. The maximum Gasteiger partial charge on any atom is 0.246 e. The van der Waals surface area contributed by atoms with Crippen molar-refractivity contribution in [3.05, 3.63) is 82.7 Å². The minimum atomic E-state index is -1.68. The number of anilines is 1. The number of halogens is 1. The van der Waals surface area contributed by atoms with Gasteiger partial charge in [-0.3, -0.25) is 38.5 Å². The molecule has 70 heavy (non-hydrogen) atoms. The van der Waals surface area contributed by atoms with Crippen LogP contribution in [0.2, 0.25) is 0 Å². The number of aryl methyl sites for hydroxylation is 1. The Morgan fingerprint density at radius 1 is 1.03 bits per heavy atom. The average molecular weight is 987 g/mol. The van der Waals surface area contributed by atoms with Crippen molar-refractivity contribution in [3.8, 4) is 5.75 Å². The van der Waals surface area contributed by atoms with Gasteiger partial charge < -0.3 is 40.4 Å². The van der Waals surface area contributed by atoms with Crippen molar-refractivity contribution in [2.24, 2.45) is 28.6 Å². The van der Waals surface area contributed by atoms with Crippen molar-refractivity contribution in [2.75, 3.05) is 18.5 Å². The second kappa shape index (κ2) is 19.7. The monoisotopic (exact) mass is 986 g/mol. The third-order valence-electron chi connectivity index (χ3n) is 15.7. The molecule has 5 fully saturated rings. The number of thioether (sulfide) groups is 1. The molecule has 6 aliphatic rings. The van der Waals surface area contributed by atoms with E-state index in [0.29, 0.717) is 36.1 Å². The van der Waals surface area contributed by atoms with Crippen LogP contribution in [0.1, 0.15) is 103 Å². The summed E-state index contributed by atoms with van der Waals surface area (Å²) in [7, 11) is 0. The van der Waals surface area contributed by atoms with E-state index in [1.165, 1.54) is 31.7 Å². The molecule has 4 aliphatic carbocycles. The number of allylic oxidation sites excluding steroid dienone is 4. The van der Waals surface area contributed by atoms with Crippen LogP contribution in [-0.4, -0.2) is 110 Å². The van der Waals surface area contributed by atoms with Crippen LogP contribution in [0.4, 0.5) is 10.1 Å². The number of ketones is 2. The van der Waals surface area contributed by atoms with Crippen molar-refractivity contribution in [1.29, 1.82) is 0 Å². The number of carbonyl (C=O) groups excluding carboxylic acids is 7. The van der Waals surface area contributed by atoms with Crippen molar-refractivity contribution in [1.82, 2.24) is 15.5 Å². The summed E-state index contributed by atoms with van der Waals surface area (Å²) in [5.41, 5.74) is -0.736. The van der Waals surface area contributed by atoms with E-state index >= 15 is 4.39 Å². The molecule has 0 bridgehead atoms. The molecule has 0 spiro atoms. The SMILES string of the molecule is Cc1ccc(OCc2cccc(NC(=O)C(C)NC(=O)C(C)NC(=O)CCN3C(=O)CC(SC(C)C)C3=O)c2)c(F)c1[C@H]1O[C@@H]2C[C@H]3[C@@H]4CCC5=CC(=O)C=C[C@]5(C)[C@H]4[C@@H](O)C[C@]3(C)[C@]2(C(=O)CO)O1. The van der Waals surface area contributed by atoms with Crippen LogP contribution < -0.4 is 20.7 Å². The summed E-state index contributed by atoms with van der Waals surface area (Å²) in [4.78, 5) is 91.3. The smallest absolute Gasteiger partial charge is 0.246 e. The Hall–Kier alpha value is -5.27. The van der Waals surface area contributed by atoms with Gasteiger partial charge >= 0.3 is 0 Å². The van der Waals surface area contributed by atoms with Crippen LogP contribution in [0.15, 0.2) is 60.2 Å². The first-order chi connectivity index (χ1) is 33.1. The lowest BCUT2D eigenvalue weighted by atomic mass is 9.46. The molecule has 0 aromatic heterocycles. The summed E-state index contributed by atoms with van der Waals surface area (Å²) < 4.78 is 36.0. The van der Waals surface area contributed by atoms with Gasteiger partial charge in [-0.25, -0.2) is 4.39 Å². The minimum absolute atomic E-state index is 0.0406. The van der Waals surface area contributed by atoms with Crippen LogP contribution in [0.5, 0.6) is 5.75 Å². The lowest BCUT2D eigenvalue weighted by Crippen LogP contribution is -2.63. The molecule has 2 aromatic carbocycles. The maximum atomic E-state index is 16.7. The fraction of sp³-hybridized carbons (Fsp3) is 0.558. The fourth-order valence-electron chi connectivity index (χ4n) is 12.4. The zero-order valence-corrected chi connectivity index (χ0v) is 41.4. The molecule has 12 atom stereocenters. The second-order valence-corrected chi connectivity index (χ2v) is 22.2. The number of amides is 5. The number of carbonyl (C=O) groups is 7. The number of likely N-dealkylation sites (tertiary alicyclic amines) is 1. The van der Waals surface area contributed by atoms with E-state index in [9.17, 15) is 43.8 Å². The molecule has 2 aromatic rings. The normalized spacial score (nSPS) is 31.8. The highest BCUT2D eigenvalue weighted by atomic mass is 32.2. The van der Waals surface area contributed by atoms with E-state index in [-0.39, 0.29) is 84.3 Å². The van der Waals surface area contributed by atoms with Crippen molar-refractivity contribution < 1.29 is 62.4 Å². The summed E-state index contributed by atoms with van der Waals surface area (Å²) >= 11 is 1.40. The molecule has 2 heterocycles. The molecule has 5 amide bonds. The molecule has 376 valence electrons. The van der Waals surface area contributed by atoms with Gasteiger partial charge in [0.25, 0.3) is 0 Å². The Labute approximate surface area is 410 Å². The Morgan fingerprint density at radius 2 is 1.77 bits per heavy atom. The number of aliphatic hydroxyl groups excluding tert-OH is 2. The highest BCUT2D eigenvalue weighted by Crippen LogP contribution is 2.70. The number of nitrogens with zero attached hydrogens (tertiary/aromatic N) is 1. The van der Waals surface area contributed by atoms with Crippen LogP contribution in [0, 0.1) is 41.3 Å². The van der Waals surface area contributed by atoms with Gasteiger partial charge in [-0.15, -0.1) is 11.8 Å². The largest absolute Gasteiger partial charge is 0.486 e. The molecule has 2 aliphatic heterocycles. The van der Waals surface area contributed by atoms with E-state index in [1.54, 1.807) is 49.4 Å². The number of fused-ring (bicyclic) bond motifs is 7. The summed E-state index contributed by atoms with van der Waals surface area (Å²) in [6, 6.07) is 7.74. The van der Waals surface area contributed by atoms with Gasteiger partial charge in [0, 0.05) is 41.8 Å². The van der Waals surface area contributed by atoms with E-state index in [0.717, 1.165) is 10.5 Å². The lowest BCUT2D eigenvalue weighted by Gasteiger charge is -2.59. The maximum absolute atomic E-state index is 16.7. The molecule has 0 radical (unpaired) electrons.